The second kappa shape index (κ2) is 5.69. The van der Waals surface area contributed by atoms with Crippen LogP contribution in [0, 0.1) is 0 Å². The maximum atomic E-state index is 12.9. The average molecular weight is 343 g/mol. The van der Waals surface area contributed by atoms with Gasteiger partial charge in [0.1, 0.15) is 11.5 Å². The summed E-state index contributed by atoms with van der Waals surface area (Å²) >= 11 is 0. The minimum atomic E-state index is -0.645. The molecule has 0 spiro atoms. The molecule has 4 rings (SSSR count). The van der Waals surface area contributed by atoms with Crippen molar-refractivity contribution in [3.63, 3.8) is 0 Å². The van der Waals surface area contributed by atoms with E-state index in [0.717, 1.165) is 36.5 Å². The minimum absolute atomic E-state index is 0.0196. The molecule has 1 unspecified atom stereocenters. The topological polar surface area (TPSA) is 85.0 Å². The number of nitrogens with zero attached hydrogens (tertiary/aromatic N) is 4. The van der Waals surface area contributed by atoms with E-state index in [1.54, 1.807) is 9.13 Å². The van der Waals surface area contributed by atoms with Crippen molar-refractivity contribution in [1.82, 2.24) is 19.1 Å². The fourth-order valence-electron chi connectivity index (χ4n) is 3.75. The number of hydrogen-bond acceptors (Lipinski definition) is 5. The standard InChI is InChI=1S/C18H25N5O2/c1-4-9-22-16-13(15-19-10-11(2)23(15)17(22)24)20-14(21-16)12-5-7-18(3,25)8-6-12/h5,11,19,25H,4,6-10H2,1-3H3/t11-,18?/m0/s1. The first-order chi connectivity index (χ1) is 11.9. The number of anilines is 1. The van der Waals surface area contributed by atoms with Gasteiger partial charge in [-0.1, -0.05) is 13.0 Å². The van der Waals surface area contributed by atoms with Crippen LogP contribution in [-0.4, -0.2) is 36.4 Å². The van der Waals surface area contributed by atoms with Crippen LogP contribution < -0.4 is 11.0 Å². The zero-order valence-corrected chi connectivity index (χ0v) is 15.0. The molecule has 4 aliphatic rings. The molecule has 0 saturated carbocycles. The predicted molar refractivity (Wildman–Crippen MR) is 96.8 cm³/mol. The van der Waals surface area contributed by atoms with Crippen molar-refractivity contribution in [2.24, 2.45) is 0 Å². The highest BCUT2D eigenvalue weighted by atomic mass is 16.3. The van der Waals surface area contributed by atoms with Gasteiger partial charge in [0.05, 0.1) is 11.6 Å². The van der Waals surface area contributed by atoms with E-state index in [1.807, 2.05) is 19.9 Å². The van der Waals surface area contributed by atoms with Gasteiger partial charge in [0, 0.05) is 13.1 Å². The summed E-state index contributed by atoms with van der Waals surface area (Å²) in [7, 11) is 0. The molecule has 3 aliphatic heterocycles. The maximum absolute atomic E-state index is 12.9. The predicted octanol–water partition coefficient (Wildman–Crippen LogP) is 2.26. The molecule has 0 aromatic rings. The molecule has 0 amide bonds. The zero-order valence-electron chi connectivity index (χ0n) is 15.0. The Balaban J connectivity index is 1.88. The van der Waals surface area contributed by atoms with Crippen LogP contribution in [0.1, 0.15) is 58.3 Å². The smallest absolute Gasteiger partial charge is 0.331 e. The molecule has 134 valence electrons. The third-order valence-corrected chi connectivity index (χ3v) is 5.26. The second-order valence-electron chi connectivity index (χ2n) is 7.53. The molecular weight excluding hydrogens is 318 g/mol. The summed E-state index contributed by atoms with van der Waals surface area (Å²) in [6, 6.07) is 0.110. The van der Waals surface area contributed by atoms with Crippen molar-refractivity contribution in [1.29, 1.82) is 0 Å². The lowest BCUT2D eigenvalue weighted by Crippen LogP contribution is -2.33. The number of imidazole rings is 1. The molecule has 2 N–H and O–H groups in total. The first kappa shape index (κ1) is 16.3. The fourth-order valence-corrected chi connectivity index (χ4v) is 3.75. The molecular formula is C18H25N5O2. The van der Waals surface area contributed by atoms with E-state index in [1.165, 1.54) is 0 Å². The van der Waals surface area contributed by atoms with Crippen LogP contribution in [0.5, 0.6) is 0 Å². The number of nitrogens with one attached hydrogen (secondary N) is 1. The molecule has 7 heteroatoms. The van der Waals surface area contributed by atoms with E-state index in [0.29, 0.717) is 31.0 Å². The Bertz CT molecular complexity index is 876. The van der Waals surface area contributed by atoms with Crippen molar-refractivity contribution in [2.45, 2.75) is 64.6 Å². The lowest BCUT2D eigenvalue weighted by atomic mass is 9.87. The number of rotatable bonds is 3. The molecule has 0 fully saturated rings. The summed E-state index contributed by atoms with van der Waals surface area (Å²) in [4.78, 5) is 22.4. The van der Waals surface area contributed by atoms with Crippen molar-refractivity contribution < 1.29 is 5.11 Å². The molecule has 0 aromatic carbocycles. The van der Waals surface area contributed by atoms with Crippen molar-refractivity contribution in [2.75, 3.05) is 11.9 Å². The maximum Gasteiger partial charge on any atom is 0.331 e. The fraction of sp³-hybridized carbons (Fsp3) is 0.611. The van der Waals surface area contributed by atoms with Gasteiger partial charge in [-0.05, 0) is 45.1 Å². The van der Waals surface area contributed by atoms with Gasteiger partial charge < -0.3 is 10.4 Å². The summed E-state index contributed by atoms with van der Waals surface area (Å²) in [6.45, 7) is 7.32. The Labute approximate surface area is 146 Å². The molecule has 2 atom stereocenters. The third-order valence-electron chi connectivity index (χ3n) is 5.26. The van der Waals surface area contributed by atoms with Gasteiger partial charge in [-0.3, -0.25) is 9.13 Å². The molecule has 25 heavy (non-hydrogen) atoms. The molecule has 0 saturated heterocycles. The lowest BCUT2D eigenvalue weighted by molar-refractivity contribution is 0.0523. The number of aromatic nitrogens is 4. The minimum Gasteiger partial charge on any atom is -0.390 e. The van der Waals surface area contributed by atoms with E-state index >= 15 is 0 Å². The van der Waals surface area contributed by atoms with Crippen molar-refractivity contribution in [3.8, 4) is 11.5 Å². The van der Waals surface area contributed by atoms with E-state index in [-0.39, 0.29) is 11.7 Å². The Kier molecular flexibility index (Phi) is 3.72. The van der Waals surface area contributed by atoms with Crippen LogP contribution in [0.2, 0.25) is 0 Å². The van der Waals surface area contributed by atoms with Gasteiger partial charge in [-0.25, -0.2) is 14.8 Å². The molecule has 7 nitrogen and oxygen atoms in total. The summed E-state index contributed by atoms with van der Waals surface area (Å²) in [5, 5.41) is 13.5. The van der Waals surface area contributed by atoms with Crippen molar-refractivity contribution >= 4 is 11.4 Å². The molecule has 0 bridgehead atoms. The van der Waals surface area contributed by atoms with E-state index in [9.17, 15) is 9.90 Å². The molecule has 3 heterocycles. The van der Waals surface area contributed by atoms with Crippen LogP contribution >= 0.6 is 0 Å². The van der Waals surface area contributed by atoms with Crippen molar-refractivity contribution in [3.05, 3.63) is 22.4 Å². The van der Waals surface area contributed by atoms with Gasteiger partial charge in [0.2, 0.25) is 0 Å². The average Bonchev–Trinajstić information content (AvgIpc) is 3.15. The second-order valence-corrected chi connectivity index (χ2v) is 7.53. The van der Waals surface area contributed by atoms with Crippen LogP contribution in [-0.2, 0) is 6.54 Å². The number of fused-ring (bicyclic) bond motifs is 3. The van der Waals surface area contributed by atoms with Gasteiger partial charge >= 0.3 is 5.69 Å². The van der Waals surface area contributed by atoms with Gasteiger partial charge in [0.25, 0.3) is 0 Å². The first-order valence-electron chi connectivity index (χ1n) is 9.09. The number of aliphatic hydroxyl groups is 1. The van der Waals surface area contributed by atoms with Crippen LogP contribution in [0.4, 0.5) is 5.82 Å². The Hall–Kier alpha value is -2.15. The van der Waals surface area contributed by atoms with Crippen LogP contribution in [0.25, 0.3) is 17.1 Å². The quantitative estimate of drug-likeness (QED) is 0.893. The van der Waals surface area contributed by atoms with E-state index in [2.05, 4.69) is 12.2 Å². The normalized spacial score (nSPS) is 25.8. The van der Waals surface area contributed by atoms with Crippen LogP contribution in [0.15, 0.2) is 10.9 Å². The van der Waals surface area contributed by atoms with E-state index in [4.69, 9.17) is 9.97 Å². The van der Waals surface area contributed by atoms with Gasteiger partial charge in [-0.15, -0.1) is 0 Å². The largest absolute Gasteiger partial charge is 0.390 e. The highest BCUT2D eigenvalue weighted by Crippen LogP contribution is 2.36. The Morgan fingerprint density at radius 3 is 2.92 bits per heavy atom. The third kappa shape index (κ3) is 2.57. The summed E-state index contributed by atoms with van der Waals surface area (Å²) in [5.74, 6) is 2.13. The number of hydrogen-bond donors (Lipinski definition) is 2. The Morgan fingerprint density at radius 1 is 1.44 bits per heavy atom. The molecule has 0 aromatic heterocycles. The summed E-state index contributed by atoms with van der Waals surface area (Å²) < 4.78 is 3.55. The Morgan fingerprint density at radius 2 is 2.24 bits per heavy atom. The highest BCUT2D eigenvalue weighted by Gasteiger charge is 2.32. The lowest BCUT2D eigenvalue weighted by Gasteiger charge is -2.26. The summed E-state index contributed by atoms with van der Waals surface area (Å²) in [5.41, 5.74) is 1.16. The highest BCUT2D eigenvalue weighted by molar-refractivity contribution is 5.74. The van der Waals surface area contributed by atoms with E-state index < -0.39 is 5.60 Å². The van der Waals surface area contributed by atoms with Gasteiger partial charge in [0.15, 0.2) is 11.6 Å². The monoisotopic (exact) mass is 343 g/mol. The van der Waals surface area contributed by atoms with Crippen LogP contribution in [0.3, 0.4) is 0 Å². The zero-order chi connectivity index (χ0) is 17.8. The SMILES string of the molecule is CCCn1c2nc(C3=CCC(C)(O)CC3)nc-2c2n(c1=O)[C@@H](C)CN2. The first-order valence-corrected chi connectivity index (χ1v) is 9.09. The van der Waals surface area contributed by atoms with Gasteiger partial charge in [-0.2, -0.15) is 0 Å². The molecule has 0 radical (unpaired) electrons. The molecule has 1 aliphatic carbocycles. The number of allylic oxidation sites excluding steroid dienone is 1. The summed E-state index contributed by atoms with van der Waals surface area (Å²) in [6.07, 6.45) is 4.96.